The molecule has 2 rings (SSSR count). The number of ether oxygens (including phenoxy) is 1. The summed E-state index contributed by atoms with van der Waals surface area (Å²) in [6.07, 6.45) is 0. The van der Waals surface area contributed by atoms with Crippen molar-refractivity contribution in [1.82, 2.24) is 5.32 Å². The third-order valence-electron chi connectivity index (χ3n) is 2.45. The van der Waals surface area contributed by atoms with E-state index in [2.05, 4.69) is 21.2 Å². The van der Waals surface area contributed by atoms with E-state index in [-0.39, 0.29) is 11.6 Å². The Balaban J connectivity index is 2.31. The minimum absolute atomic E-state index is 0.233. The van der Waals surface area contributed by atoms with E-state index in [4.69, 9.17) is 4.74 Å². The molecule has 0 aliphatic heterocycles. The number of nitrogens with one attached hydrogen (secondary N) is 1. The molecule has 2 aromatic rings. The van der Waals surface area contributed by atoms with Crippen LogP contribution in [0.25, 0.3) is 0 Å². The van der Waals surface area contributed by atoms with Gasteiger partial charge in [0.25, 0.3) is 0 Å². The molecule has 0 aromatic heterocycles. The summed E-state index contributed by atoms with van der Waals surface area (Å²) in [7, 11) is 1.85. The highest BCUT2D eigenvalue weighted by Gasteiger charge is 2.08. The molecule has 0 amide bonds. The number of benzene rings is 2. The highest BCUT2D eigenvalue weighted by Crippen LogP contribution is 2.29. The second kappa shape index (κ2) is 5.98. The van der Waals surface area contributed by atoms with Crippen molar-refractivity contribution in [3.63, 3.8) is 0 Å². The van der Waals surface area contributed by atoms with Gasteiger partial charge in [-0.15, -0.1) is 0 Å². The van der Waals surface area contributed by atoms with Crippen molar-refractivity contribution in [2.75, 3.05) is 7.05 Å². The SMILES string of the molecule is CNCc1cc(Br)ccc1Oc1ccccc1F. The highest BCUT2D eigenvalue weighted by molar-refractivity contribution is 9.10. The first-order chi connectivity index (χ1) is 8.70. The molecule has 0 saturated heterocycles. The van der Waals surface area contributed by atoms with Gasteiger partial charge in [-0.25, -0.2) is 4.39 Å². The molecule has 0 saturated carbocycles. The average molecular weight is 310 g/mol. The van der Waals surface area contributed by atoms with Crippen LogP contribution < -0.4 is 10.1 Å². The Morgan fingerprint density at radius 2 is 1.94 bits per heavy atom. The van der Waals surface area contributed by atoms with Gasteiger partial charge in [0.05, 0.1) is 0 Å². The topological polar surface area (TPSA) is 21.3 Å². The normalized spacial score (nSPS) is 10.4. The molecule has 0 heterocycles. The van der Waals surface area contributed by atoms with Gasteiger partial charge in [0, 0.05) is 16.6 Å². The number of rotatable bonds is 4. The first-order valence-corrected chi connectivity index (χ1v) is 6.35. The molecule has 0 radical (unpaired) electrons. The molecule has 0 aliphatic rings. The van der Waals surface area contributed by atoms with Crippen LogP contribution in [0.4, 0.5) is 4.39 Å². The molecule has 0 spiro atoms. The average Bonchev–Trinajstić information content (AvgIpc) is 2.35. The lowest BCUT2D eigenvalue weighted by Gasteiger charge is -2.12. The van der Waals surface area contributed by atoms with Crippen LogP contribution in [0.3, 0.4) is 0 Å². The van der Waals surface area contributed by atoms with Crippen LogP contribution >= 0.6 is 15.9 Å². The Hall–Kier alpha value is -1.39. The monoisotopic (exact) mass is 309 g/mol. The lowest BCUT2D eigenvalue weighted by Crippen LogP contribution is -2.06. The smallest absolute Gasteiger partial charge is 0.165 e. The van der Waals surface area contributed by atoms with Crippen molar-refractivity contribution in [3.8, 4) is 11.5 Å². The maximum atomic E-state index is 13.5. The first-order valence-electron chi connectivity index (χ1n) is 5.56. The molecular weight excluding hydrogens is 297 g/mol. The summed E-state index contributed by atoms with van der Waals surface area (Å²) in [6.45, 7) is 0.656. The van der Waals surface area contributed by atoms with E-state index in [0.29, 0.717) is 12.3 Å². The van der Waals surface area contributed by atoms with E-state index >= 15 is 0 Å². The molecule has 0 unspecified atom stereocenters. The summed E-state index contributed by atoms with van der Waals surface area (Å²) in [6, 6.07) is 12.0. The lowest BCUT2D eigenvalue weighted by molar-refractivity contribution is 0.436. The number of halogens is 2. The van der Waals surface area contributed by atoms with E-state index in [9.17, 15) is 4.39 Å². The molecule has 18 heavy (non-hydrogen) atoms. The molecule has 0 bridgehead atoms. The fourth-order valence-corrected chi connectivity index (χ4v) is 2.03. The number of hydrogen-bond donors (Lipinski definition) is 1. The number of hydrogen-bond acceptors (Lipinski definition) is 2. The second-order valence-corrected chi connectivity index (χ2v) is 4.73. The zero-order valence-electron chi connectivity index (χ0n) is 9.91. The van der Waals surface area contributed by atoms with Crippen LogP contribution in [0.5, 0.6) is 11.5 Å². The maximum absolute atomic E-state index is 13.5. The van der Waals surface area contributed by atoms with Gasteiger partial charge in [0.1, 0.15) is 5.75 Å². The van der Waals surface area contributed by atoms with E-state index in [1.54, 1.807) is 18.2 Å². The minimum Gasteiger partial charge on any atom is -0.454 e. The third-order valence-corrected chi connectivity index (χ3v) is 2.94. The third kappa shape index (κ3) is 3.09. The van der Waals surface area contributed by atoms with Crippen molar-refractivity contribution in [2.45, 2.75) is 6.54 Å². The standard InChI is InChI=1S/C14H13BrFNO/c1-17-9-10-8-11(15)6-7-13(10)18-14-5-3-2-4-12(14)16/h2-8,17H,9H2,1H3. The van der Waals surface area contributed by atoms with Crippen LogP contribution in [0, 0.1) is 5.82 Å². The van der Waals surface area contributed by atoms with Crippen molar-refractivity contribution < 1.29 is 9.13 Å². The van der Waals surface area contributed by atoms with Crippen molar-refractivity contribution in [2.24, 2.45) is 0 Å². The first kappa shape index (κ1) is 13.1. The largest absolute Gasteiger partial charge is 0.454 e. The summed E-state index contributed by atoms with van der Waals surface area (Å²) in [5.41, 5.74) is 0.968. The Bertz CT molecular complexity index is 545. The Labute approximate surface area is 114 Å². The molecule has 0 fully saturated rings. The summed E-state index contributed by atoms with van der Waals surface area (Å²) in [5.74, 6) is 0.519. The Morgan fingerprint density at radius 3 is 2.67 bits per heavy atom. The van der Waals surface area contributed by atoms with Gasteiger partial charge in [-0.2, -0.15) is 0 Å². The van der Waals surface area contributed by atoms with Crippen LogP contribution in [0.2, 0.25) is 0 Å². The van der Waals surface area contributed by atoms with Crippen molar-refractivity contribution >= 4 is 15.9 Å². The molecule has 0 atom stereocenters. The quantitative estimate of drug-likeness (QED) is 0.918. The lowest BCUT2D eigenvalue weighted by atomic mass is 10.2. The zero-order valence-corrected chi connectivity index (χ0v) is 11.5. The summed E-state index contributed by atoms with van der Waals surface area (Å²) < 4.78 is 20.1. The number of para-hydroxylation sites is 1. The summed E-state index contributed by atoms with van der Waals surface area (Å²) in [4.78, 5) is 0. The Morgan fingerprint density at radius 1 is 1.17 bits per heavy atom. The van der Waals surface area contributed by atoms with Gasteiger partial charge >= 0.3 is 0 Å². The highest BCUT2D eigenvalue weighted by atomic mass is 79.9. The van der Waals surface area contributed by atoms with Gasteiger partial charge in [-0.1, -0.05) is 28.1 Å². The molecule has 94 valence electrons. The fraction of sp³-hybridized carbons (Fsp3) is 0.143. The van der Waals surface area contributed by atoms with E-state index in [1.807, 2.05) is 25.2 Å². The van der Waals surface area contributed by atoms with Crippen LogP contribution in [-0.4, -0.2) is 7.05 Å². The van der Waals surface area contributed by atoms with E-state index < -0.39 is 0 Å². The van der Waals surface area contributed by atoms with Gasteiger partial charge in [0.2, 0.25) is 0 Å². The molecule has 2 aromatic carbocycles. The molecule has 2 nitrogen and oxygen atoms in total. The van der Waals surface area contributed by atoms with E-state index in [0.717, 1.165) is 10.0 Å². The van der Waals surface area contributed by atoms with Gasteiger partial charge in [-0.3, -0.25) is 0 Å². The summed E-state index contributed by atoms with van der Waals surface area (Å²) >= 11 is 3.41. The van der Waals surface area contributed by atoms with Crippen LogP contribution in [0.1, 0.15) is 5.56 Å². The van der Waals surface area contributed by atoms with Crippen LogP contribution in [-0.2, 0) is 6.54 Å². The van der Waals surface area contributed by atoms with Gasteiger partial charge in [0.15, 0.2) is 11.6 Å². The maximum Gasteiger partial charge on any atom is 0.165 e. The van der Waals surface area contributed by atoms with E-state index in [1.165, 1.54) is 6.07 Å². The molecule has 1 N–H and O–H groups in total. The molecular formula is C14H13BrFNO. The Kier molecular flexibility index (Phi) is 4.33. The minimum atomic E-state index is -0.365. The fourth-order valence-electron chi connectivity index (χ4n) is 1.62. The second-order valence-electron chi connectivity index (χ2n) is 3.81. The van der Waals surface area contributed by atoms with Crippen LogP contribution in [0.15, 0.2) is 46.9 Å². The molecule has 0 aliphatic carbocycles. The predicted molar refractivity (Wildman–Crippen MR) is 73.4 cm³/mol. The van der Waals surface area contributed by atoms with Crippen molar-refractivity contribution in [1.29, 1.82) is 0 Å². The molecule has 4 heteroatoms. The van der Waals surface area contributed by atoms with Gasteiger partial charge < -0.3 is 10.1 Å². The van der Waals surface area contributed by atoms with Gasteiger partial charge in [-0.05, 0) is 37.4 Å². The van der Waals surface area contributed by atoms with Crippen molar-refractivity contribution in [3.05, 3.63) is 58.3 Å². The predicted octanol–water partition coefficient (Wildman–Crippen LogP) is 4.10. The summed E-state index contributed by atoms with van der Waals surface area (Å²) in [5, 5.41) is 3.06. The zero-order chi connectivity index (χ0) is 13.0.